The first-order valence-electron chi connectivity index (χ1n) is 8.38. The van der Waals surface area contributed by atoms with Gasteiger partial charge in [0.15, 0.2) is 5.75 Å². The lowest BCUT2D eigenvalue weighted by Crippen LogP contribution is -2.41. The van der Waals surface area contributed by atoms with Crippen molar-refractivity contribution in [1.29, 1.82) is 0 Å². The number of hydrogen-bond acceptors (Lipinski definition) is 8. The van der Waals surface area contributed by atoms with E-state index in [1.165, 1.54) is 14.2 Å². The lowest BCUT2D eigenvalue weighted by molar-refractivity contribution is -0.144. The molecule has 2 aromatic heterocycles. The lowest BCUT2D eigenvalue weighted by atomic mass is 10.2. The van der Waals surface area contributed by atoms with E-state index in [0.29, 0.717) is 6.07 Å². The first-order chi connectivity index (χ1) is 15.0. The first kappa shape index (κ1) is 23.0. The number of methoxy groups -OCH3 is 2. The zero-order chi connectivity index (χ0) is 23.8. The summed E-state index contributed by atoms with van der Waals surface area (Å²) in [6, 6.07) is 0.900. The van der Waals surface area contributed by atoms with Gasteiger partial charge in [0.05, 0.1) is 24.9 Å². The number of ether oxygens (including phenoxy) is 3. The molecule has 0 saturated carbocycles. The van der Waals surface area contributed by atoms with E-state index in [1.54, 1.807) is 0 Å². The monoisotopic (exact) mass is 477 g/mol. The number of halogens is 5. The van der Waals surface area contributed by atoms with Gasteiger partial charge in [-0.3, -0.25) is 9.36 Å². The van der Waals surface area contributed by atoms with Crippen molar-refractivity contribution in [2.24, 2.45) is 7.05 Å². The van der Waals surface area contributed by atoms with Crippen LogP contribution in [0.5, 0.6) is 23.8 Å². The molecule has 3 rings (SSSR count). The molecule has 32 heavy (non-hydrogen) atoms. The Hall–Kier alpha value is -3.68. The zero-order valence-corrected chi connectivity index (χ0v) is 17.2. The van der Waals surface area contributed by atoms with Crippen LogP contribution in [0.2, 0.25) is 5.02 Å². The van der Waals surface area contributed by atoms with Crippen molar-refractivity contribution in [2.45, 2.75) is 6.18 Å². The predicted molar refractivity (Wildman–Crippen MR) is 100 cm³/mol. The average Bonchev–Trinajstić information content (AvgIpc) is 2.72. The summed E-state index contributed by atoms with van der Waals surface area (Å²) in [7, 11) is 3.30. The van der Waals surface area contributed by atoms with Crippen LogP contribution >= 0.6 is 11.6 Å². The van der Waals surface area contributed by atoms with E-state index in [4.69, 9.17) is 25.8 Å². The van der Waals surface area contributed by atoms with Gasteiger partial charge in [0.2, 0.25) is 0 Å². The third-order valence-corrected chi connectivity index (χ3v) is 4.29. The normalized spacial score (nSPS) is 11.4. The van der Waals surface area contributed by atoms with E-state index < -0.39 is 40.6 Å². The average molecular weight is 478 g/mol. The number of aromatic nitrogens is 5. The summed E-state index contributed by atoms with van der Waals surface area (Å²) in [4.78, 5) is 36.1. The Bertz CT molecular complexity index is 1290. The highest BCUT2D eigenvalue weighted by atomic mass is 35.5. The molecule has 0 unspecified atom stereocenters. The van der Waals surface area contributed by atoms with Crippen LogP contribution in [0.25, 0.3) is 5.69 Å². The Morgan fingerprint density at radius 3 is 2.06 bits per heavy atom. The molecule has 0 radical (unpaired) electrons. The Morgan fingerprint density at radius 1 is 0.969 bits per heavy atom. The topological polar surface area (TPSA) is 110 Å². The Kier molecular flexibility index (Phi) is 6.07. The fourth-order valence-electron chi connectivity index (χ4n) is 2.53. The molecule has 0 saturated heterocycles. The van der Waals surface area contributed by atoms with Crippen LogP contribution in [0, 0.1) is 5.82 Å². The Labute approximate surface area is 180 Å². The zero-order valence-electron chi connectivity index (χ0n) is 16.4. The van der Waals surface area contributed by atoms with Gasteiger partial charge in [-0.2, -0.15) is 13.2 Å². The van der Waals surface area contributed by atoms with Crippen LogP contribution in [-0.2, 0) is 13.2 Å². The highest BCUT2D eigenvalue weighted by Crippen LogP contribution is 2.32. The van der Waals surface area contributed by atoms with E-state index in [9.17, 15) is 27.2 Å². The molecule has 10 nitrogen and oxygen atoms in total. The molecule has 0 aliphatic rings. The van der Waals surface area contributed by atoms with Gasteiger partial charge in [-0.1, -0.05) is 11.6 Å². The summed E-state index contributed by atoms with van der Waals surface area (Å²) < 4.78 is 69.2. The summed E-state index contributed by atoms with van der Waals surface area (Å²) >= 11 is 5.96. The van der Waals surface area contributed by atoms with Crippen LogP contribution < -0.4 is 25.5 Å². The third kappa shape index (κ3) is 4.34. The maximum Gasteiger partial charge on any atom is 0.431 e. The van der Waals surface area contributed by atoms with Crippen LogP contribution in [0.3, 0.4) is 0 Å². The molecule has 0 bridgehead atoms. The van der Waals surface area contributed by atoms with E-state index in [1.807, 2.05) is 0 Å². The molecule has 0 aliphatic carbocycles. The molecular formula is C17H12ClF4N5O5. The van der Waals surface area contributed by atoms with Crippen molar-refractivity contribution >= 4 is 11.6 Å². The smallest absolute Gasteiger partial charge is 0.431 e. The van der Waals surface area contributed by atoms with Crippen LogP contribution in [0.1, 0.15) is 5.69 Å². The summed E-state index contributed by atoms with van der Waals surface area (Å²) in [5.74, 6) is -1.50. The molecule has 0 fully saturated rings. The van der Waals surface area contributed by atoms with Crippen LogP contribution in [0.15, 0.2) is 27.8 Å². The molecule has 2 heterocycles. The van der Waals surface area contributed by atoms with E-state index in [0.717, 1.165) is 13.1 Å². The minimum Gasteiger partial charge on any atom is -0.467 e. The third-order valence-electron chi connectivity index (χ3n) is 3.99. The van der Waals surface area contributed by atoms with Gasteiger partial charge in [-0.15, -0.1) is 15.0 Å². The van der Waals surface area contributed by atoms with Crippen molar-refractivity contribution < 1.29 is 31.8 Å². The summed E-state index contributed by atoms with van der Waals surface area (Å²) in [5, 5.41) is -0.318. The molecule has 0 N–H and O–H groups in total. The molecule has 0 amide bonds. The highest BCUT2D eigenvalue weighted by Gasteiger charge is 2.35. The number of hydrogen-bond donors (Lipinski definition) is 0. The van der Waals surface area contributed by atoms with Crippen molar-refractivity contribution in [3.63, 3.8) is 0 Å². The van der Waals surface area contributed by atoms with Gasteiger partial charge in [-0.25, -0.2) is 13.8 Å². The maximum atomic E-state index is 14.6. The maximum absolute atomic E-state index is 14.6. The van der Waals surface area contributed by atoms with Gasteiger partial charge in [0, 0.05) is 19.2 Å². The number of nitrogens with zero attached hydrogens (tertiary/aromatic N) is 5. The van der Waals surface area contributed by atoms with Gasteiger partial charge in [0.25, 0.3) is 5.56 Å². The second kappa shape index (κ2) is 8.45. The number of benzene rings is 1. The van der Waals surface area contributed by atoms with E-state index in [-0.39, 0.29) is 38.0 Å². The second-order valence-corrected chi connectivity index (χ2v) is 6.38. The van der Waals surface area contributed by atoms with Gasteiger partial charge in [0.1, 0.15) is 11.5 Å². The largest absolute Gasteiger partial charge is 0.467 e. The van der Waals surface area contributed by atoms with Crippen LogP contribution in [0.4, 0.5) is 17.6 Å². The van der Waals surface area contributed by atoms with Gasteiger partial charge < -0.3 is 14.2 Å². The quantitative estimate of drug-likeness (QED) is 0.515. The van der Waals surface area contributed by atoms with Gasteiger partial charge in [-0.05, 0) is 6.07 Å². The van der Waals surface area contributed by atoms with Crippen molar-refractivity contribution in [1.82, 2.24) is 24.1 Å². The molecule has 0 spiro atoms. The van der Waals surface area contributed by atoms with Crippen molar-refractivity contribution in [3.8, 4) is 29.5 Å². The van der Waals surface area contributed by atoms with Crippen molar-refractivity contribution in [3.05, 3.63) is 55.6 Å². The SMILES string of the molecule is COc1nc(OC)nc(Oc2cc(-n3c(=O)cc(C(F)(F)F)n(C)c3=O)c(F)cc2Cl)n1. The number of rotatable bonds is 5. The molecular weight excluding hydrogens is 466 g/mol. The van der Waals surface area contributed by atoms with E-state index >= 15 is 0 Å². The lowest BCUT2D eigenvalue weighted by Gasteiger charge is -2.15. The summed E-state index contributed by atoms with van der Waals surface area (Å²) in [6.07, 6.45) is -4.98. The van der Waals surface area contributed by atoms with Crippen molar-refractivity contribution in [2.75, 3.05) is 14.2 Å². The van der Waals surface area contributed by atoms with Gasteiger partial charge >= 0.3 is 29.9 Å². The predicted octanol–water partition coefficient (Wildman–Crippen LogP) is 2.34. The minimum absolute atomic E-state index is 0.164. The fourth-order valence-corrected chi connectivity index (χ4v) is 2.72. The Balaban J connectivity index is 2.16. The molecule has 0 aliphatic heterocycles. The standard InChI is InChI=1S/C17H12ClF4N5O5/c1-26-11(17(20,21)22)6-12(28)27(16(26)29)9-5-10(7(18)4-8(9)19)32-15-24-13(30-2)23-14(25-15)31-3/h4-6H,1-3H3. The fraction of sp³-hybridized carbons (Fsp3) is 0.235. The van der Waals surface area contributed by atoms with Crippen LogP contribution in [-0.4, -0.2) is 38.3 Å². The Morgan fingerprint density at radius 2 is 1.53 bits per heavy atom. The molecule has 15 heteroatoms. The second-order valence-electron chi connectivity index (χ2n) is 5.97. The molecule has 3 aromatic rings. The molecule has 170 valence electrons. The number of alkyl halides is 3. The first-order valence-corrected chi connectivity index (χ1v) is 8.75. The van der Waals surface area contributed by atoms with E-state index in [2.05, 4.69) is 15.0 Å². The molecule has 0 atom stereocenters. The molecule has 1 aromatic carbocycles. The summed E-state index contributed by atoms with van der Waals surface area (Å²) in [6.45, 7) is 0. The highest BCUT2D eigenvalue weighted by molar-refractivity contribution is 6.32. The minimum atomic E-state index is -4.98. The summed E-state index contributed by atoms with van der Waals surface area (Å²) in [5.41, 5.74) is -5.08.